The maximum absolute atomic E-state index is 12.8. The molecule has 4 aliphatic heterocycles. The second kappa shape index (κ2) is 5.28. The van der Waals surface area contributed by atoms with E-state index in [4.69, 9.17) is 19.2 Å². The van der Waals surface area contributed by atoms with Gasteiger partial charge in [0.15, 0.2) is 5.60 Å². The van der Waals surface area contributed by atoms with Crippen molar-refractivity contribution in [3.63, 3.8) is 0 Å². The van der Waals surface area contributed by atoms with Crippen molar-refractivity contribution in [2.75, 3.05) is 0 Å². The number of fused-ring (bicyclic) bond motifs is 2. The van der Waals surface area contributed by atoms with Gasteiger partial charge >= 0.3 is 5.97 Å². The molecule has 1 saturated carbocycles. The lowest BCUT2D eigenvalue weighted by Gasteiger charge is -2.58. The number of carbonyl (C=O) groups is 1. The highest BCUT2D eigenvalue weighted by Gasteiger charge is 2.70. The molecule has 0 radical (unpaired) electrons. The van der Waals surface area contributed by atoms with Gasteiger partial charge in [-0.1, -0.05) is 6.92 Å². The van der Waals surface area contributed by atoms with Crippen LogP contribution in [-0.2, 0) is 30.6 Å². The lowest BCUT2D eigenvalue weighted by molar-refractivity contribution is -0.559. The van der Waals surface area contributed by atoms with E-state index in [9.17, 15) is 4.79 Å². The molecule has 7 nitrogen and oxygen atoms in total. The van der Waals surface area contributed by atoms with E-state index in [1.165, 1.54) is 0 Å². The van der Waals surface area contributed by atoms with Crippen molar-refractivity contribution in [1.82, 2.24) is 9.55 Å². The van der Waals surface area contributed by atoms with Crippen LogP contribution in [0.1, 0.15) is 39.5 Å². The number of esters is 1. The minimum Gasteiger partial charge on any atom is -0.432 e. The molecule has 5 heterocycles. The van der Waals surface area contributed by atoms with Gasteiger partial charge in [-0.15, -0.1) is 0 Å². The second-order valence-electron chi connectivity index (χ2n) is 8.21. The monoisotopic (exact) mass is 348 g/mol. The Kier molecular flexibility index (Phi) is 3.34. The summed E-state index contributed by atoms with van der Waals surface area (Å²) in [6.07, 6.45) is 8.34. The first-order valence-corrected chi connectivity index (χ1v) is 9.23. The van der Waals surface area contributed by atoms with Crippen molar-refractivity contribution >= 4 is 5.97 Å². The minimum atomic E-state index is -0.838. The van der Waals surface area contributed by atoms with Crippen LogP contribution in [0.4, 0.5) is 0 Å². The maximum Gasteiger partial charge on any atom is 0.313 e. The van der Waals surface area contributed by atoms with E-state index in [1.54, 1.807) is 12.5 Å². The third-order valence-electron chi connectivity index (χ3n) is 6.75. The summed E-state index contributed by atoms with van der Waals surface area (Å²) in [5, 5.41) is 0. The van der Waals surface area contributed by atoms with Crippen molar-refractivity contribution in [2.24, 2.45) is 23.7 Å². The minimum absolute atomic E-state index is 0.0185. The summed E-state index contributed by atoms with van der Waals surface area (Å²) in [4.78, 5) is 28.7. The fourth-order valence-corrected chi connectivity index (χ4v) is 5.44. The average Bonchev–Trinajstić information content (AvgIpc) is 2.99. The van der Waals surface area contributed by atoms with Gasteiger partial charge in [-0.3, -0.25) is 4.79 Å². The molecule has 1 spiro atoms. The standard InChI is InChI=1S/C18H24N2O5/c1-11-3-4-14-12(9-20-8-7-19-10-20)15(21)22-16-18(14)13(11)5-6-17(2,23-16)24-25-18/h7-8,10-14,16H,3-6,9H2,1-2H3/t11-,12-,13+,14+,16-,17-,18-/m1/s1. The summed E-state index contributed by atoms with van der Waals surface area (Å²) in [6.45, 7) is 4.67. The number of aromatic nitrogens is 2. The number of rotatable bonds is 2. The lowest BCUT2D eigenvalue weighted by Crippen LogP contribution is -2.70. The molecule has 6 rings (SSSR count). The summed E-state index contributed by atoms with van der Waals surface area (Å²) in [5.41, 5.74) is -0.702. The highest BCUT2D eigenvalue weighted by atomic mass is 17.3. The molecular weight excluding hydrogens is 324 g/mol. The lowest BCUT2D eigenvalue weighted by atomic mass is 9.58. The Bertz CT molecular complexity index is 679. The van der Waals surface area contributed by atoms with Gasteiger partial charge in [0.25, 0.3) is 0 Å². The molecule has 0 unspecified atom stereocenters. The Balaban J connectivity index is 1.57. The van der Waals surface area contributed by atoms with Gasteiger partial charge in [0.2, 0.25) is 12.1 Å². The van der Waals surface area contributed by atoms with Crippen molar-refractivity contribution < 1.29 is 24.0 Å². The molecule has 1 aromatic rings. The van der Waals surface area contributed by atoms with Crippen molar-refractivity contribution in [3.05, 3.63) is 18.7 Å². The number of nitrogens with zero attached hydrogens (tertiary/aromatic N) is 2. The van der Waals surface area contributed by atoms with Crippen LogP contribution in [0.15, 0.2) is 18.7 Å². The molecular formula is C18H24N2O5. The Labute approximate surface area is 146 Å². The predicted molar refractivity (Wildman–Crippen MR) is 84.6 cm³/mol. The Hall–Kier alpha value is -1.44. The van der Waals surface area contributed by atoms with E-state index < -0.39 is 17.7 Å². The zero-order valence-electron chi connectivity index (χ0n) is 14.6. The first kappa shape index (κ1) is 15.8. The van der Waals surface area contributed by atoms with Crippen LogP contribution in [0.3, 0.4) is 0 Å². The zero-order valence-corrected chi connectivity index (χ0v) is 14.6. The topological polar surface area (TPSA) is 71.8 Å². The largest absolute Gasteiger partial charge is 0.432 e. The van der Waals surface area contributed by atoms with Crippen LogP contribution in [0, 0.1) is 23.7 Å². The molecule has 5 fully saturated rings. The summed E-state index contributed by atoms with van der Waals surface area (Å²) in [5.74, 6) is -0.562. The smallest absolute Gasteiger partial charge is 0.313 e. The summed E-state index contributed by atoms with van der Waals surface area (Å²) >= 11 is 0. The molecule has 0 aromatic carbocycles. The highest BCUT2D eigenvalue weighted by molar-refractivity contribution is 5.74. The van der Waals surface area contributed by atoms with Crippen molar-refractivity contribution in [3.8, 4) is 0 Å². The van der Waals surface area contributed by atoms with Gasteiger partial charge in [-0.2, -0.15) is 0 Å². The molecule has 1 aliphatic carbocycles. The van der Waals surface area contributed by atoms with Crippen LogP contribution >= 0.6 is 0 Å². The van der Waals surface area contributed by atoms with Gasteiger partial charge in [0, 0.05) is 37.2 Å². The predicted octanol–water partition coefficient (Wildman–Crippen LogP) is 2.27. The third kappa shape index (κ3) is 2.15. The molecule has 136 valence electrons. The van der Waals surface area contributed by atoms with Gasteiger partial charge in [0.05, 0.1) is 12.2 Å². The van der Waals surface area contributed by atoms with E-state index in [1.807, 2.05) is 17.7 Å². The van der Waals surface area contributed by atoms with Crippen LogP contribution in [0.25, 0.3) is 0 Å². The quantitative estimate of drug-likeness (QED) is 0.603. The summed E-state index contributed by atoms with van der Waals surface area (Å²) in [7, 11) is 0. The SMILES string of the molecule is C[C@@H]1CC[C@H]2[C@@H](Cn3ccnc3)C(=O)O[C@@H]3O[C@@]4(C)CC[C@@H]1[C@]32OO4. The van der Waals surface area contributed by atoms with Gasteiger partial charge in [-0.05, 0) is 32.1 Å². The average molecular weight is 348 g/mol. The summed E-state index contributed by atoms with van der Waals surface area (Å²) < 4.78 is 13.9. The number of hydrogen-bond acceptors (Lipinski definition) is 6. The zero-order chi connectivity index (χ0) is 17.2. The highest BCUT2D eigenvalue weighted by Crippen LogP contribution is 2.59. The van der Waals surface area contributed by atoms with E-state index >= 15 is 0 Å². The van der Waals surface area contributed by atoms with Crippen LogP contribution < -0.4 is 0 Å². The van der Waals surface area contributed by atoms with E-state index in [2.05, 4.69) is 11.9 Å². The Morgan fingerprint density at radius 2 is 2.16 bits per heavy atom. The van der Waals surface area contributed by atoms with E-state index in [0.717, 1.165) is 25.7 Å². The number of carbonyl (C=O) groups excluding carboxylic acids is 1. The third-order valence-corrected chi connectivity index (χ3v) is 6.75. The van der Waals surface area contributed by atoms with Gasteiger partial charge < -0.3 is 14.0 Å². The first-order chi connectivity index (χ1) is 12.0. The maximum atomic E-state index is 12.8. The summed E-state index contributed by atoms with van der Waals surface area (Å²) in [6, 6.07) is 0. The number of imidazole rings is 1. The van der Waals surface area contributed by atoms with Crippen LogP contribution in [0.5, 0.6) is 0 Å². The molecule has 0 N–H and O–H groups in total. The fraction of sp³-hybridized carbons (Fsp3) is 0.778. The molecule has 2 bridgehead atoms. The fourth-order valence-electron chi connectivity index (χ4n) is 5.44. The Morgan fingerprint density at radius 1 is 1.28 bits per heavy atom. The molecule has 5 aliphatic rings. The number of hydrogen-bond donors (Lipinski definition) is 0. The first-order valence-electron chi connectivity index (χ1n) is 9.23. The van der Waals surface area contributed by atoms with E-state index in [-0.39, 0.29) is 23.7 Å². The molecule has 4 saturated heterocycles. The molecule has 7 heteroatoms. The Morgan fingerprint density at radius 3 is 2.96 bits per heavy atom. The van der Waals surface area contributed by atoms with Crippen LogP contribution in [-0.4, -0.2) is 33.2 Å². The molecule has 1 aromatic heterocycles. The number of ether oxygens (including phenoxy) is 2. The normalized spacial score (nSPS) is 48.6. The molecule has 7 atom stereocenters. The second-order valence-corrected chi connectivity index (χ2v) is 8.21. The van der Waals surface area contributed by atoms with Gasteiger partial charge in [-0.25, -0.2) is 14.8 Å². The van der Waals surface area contributed by atoms with E-state index in [0.29, 0.717) is 12.5 Å². The van der Waals surface area contributed by atoms with Crippen molar-refractivity contribution in [1.29, 1.82) is 0 Å². The van der Waals surface area contributed by atoms with Crippen molar-refractivity contribution in [2.45, 2.75) is 63.8 Å². The molecule has 0 amide bonds. The molecule has 25 heavy (non-hydrogen) atoms. The van der Waals surface area contributed by atoms with Crippen LogP contribution in [0.2, 0.25) is 0 Å². The van der Waals surface area contributed by atoms with Gasteiger partial charge in [0.1, 0.15) is 0 Å².